The SMILES string of the molecule is NCC(=O)NC(Cc1ccccc1)c1ccc(O)cc1.O=C(O)/C=C\C(=O)O. The first-order chi connectivity index (χ1) is 13.3. The number of carbonyl (C=O) groups excluding carboxylic acids is 1. The molecule has 1 amide bonds. The zero-order chi connectivity index (χ0) is 20.9. The van der Waals surface area contributed by atoms with Crippen molar-refractivity contribution in [1.29, 1.82) is 0 Å². The summed E-state index contributed by atoms with van der Waals surface area (Å²) in [5.74, 6) is -2.50. The van der Waals surface area contributed by atoms with Crippen LogP contribution in [-0.2, 0) is 20.8 Å². The molecular weight excluding hydrogens is 364 g/mol. The maximum Gasteiger partial charge on any atom is 0.328 e. The van der Waals surface area contributed by atoms with Crippen molar-refractivity contribution in [2.75, 3.05) is 6.54 Å². The third kappa shape index (κ3) is 9.16. The number of nitrogens with two attached hydrogens (primary N) is 1. The molecule has 8 heteroatoms. The van der Waals surface area contributed by atoms with Crippen molar-refractivity contribution in [3.63, 3.8) is 0 Å². The fraction of sp³-hybridized carbons (Fsp3) is 0.150. The fourth-order valence-electron chi connectivity index (χ4n) is 2.20. The summed E-state index contributed by atoms with van der Waals surface area (Å²) < 4.78 is 0. The minimum absolute atomic E-state index is 0.0383. The molecule has 148 valence electrons. The molecule has 2 aromatic rings. The Hall–Kier alpha value is -3.65. The van der Waals surface area contributed by atoms with Gasteiger partial charge in [-0.2, -0.15) is 0 Å². The van der Waals surface area contributed by atoms with Crippen LogP contribution < -0.4 is 11.1 Å². The number of aliphatic carboxylic acids is 2. The summed E-state index contributed by atoms with van der Waals surface area (Å²) in [5.41, 5.74) is 7.43. The van der Waals surface area contributed by atoms with Gasteiger partial charge in [-0.25, -0.2) is 9.59 Å². The number of benzene rings is 2. The Bertz CT molecular complexity index is 787. The van der Waals surface area contributed by atoms with Crippen molar-refractivity contribution in [1.82, 2.24) is 5.32 Å². The number of aromatic hydroxyl groups is 1. The molecule has 2 aromatic carbocycles. The Balaban J connectivity index is 0.000000416. The van der Waals surface area contributed by atoms with Crippen LogP contribution in [-0.4, -0.2) is 39.7 Å². The first-order valence-electron chi connectivity index (χ1n) is 8.28. The number of nitrogens with one attached hydrogen (secondary N) is 1. The Morgan fingerprint density at radius 1 is 0.929 bits per heavy atom. The zero-order valence-corrected chi connectivity index (χ0v) is 15.0. The average Bonchev–Trinajstić information content (AvgIpc) is 2.67. The molecule has 0 fully saturated rings. The van der Waals surface area contributed by atoms with Crippen LogP contribution in [0.1, 0.15) is 17.2 Å². The van der Waals surface area contributed by atoms with Gasteiger partial charge in [0.2, 0.25) is 5.91 Å². The average molecular weight is 386 g/mol. The van der Waals surface area contributed by atoms with Gasteiger partial charge in [0, 0.05) is 12.2 Å². The van der Waals surface area contributed by atoms with Gasteiger partial charge in [0.25, 0.3) is 0 Å². The van der Waals surface area contributed by atoms with Crippen LogP contribution in [0.2, 0.25) is 0 Å². The predicted molar refractivity (Wildman–Crippen MR) is 103 cm³/mol. The van der Waals surface area contributed by atoms with Gasteiger partial charge in [-0.1, -0.05) is 42.5 Å². The molecule has 6 N–H and O–H groups in total. The van der Waals surface area contributed by atoms with E-state index in [2.05, 4.69) is 5.32 Å². The van der Waals surface area contributed by atoms with E-state index in [1.807, 2.05) is 30.3 Å². The van der Waals surface area contributed by atoms with E-state index in [-0.39, 0.29) is 24.2 Å². The van der Waals surface area contributed by atoms with E-state index in [0.29, 0.717) is 18.6 Å². The van der Waals surface area contributed by atoms with E-state index in [1.54, 1.807) is 24.3 Å². The molecule has 0 saturated heterocycles. The number of phenols is 1. The Morgan fingerprint density at radius 3 is 1.93 bits per heavy atom. The minimum Gasteiger partial charge on any atom is -0.508 e. The van der Waals surface area contributed by atoms with E-state index < -0.39 is 11.9 Å². The maximum absolute atomic E-state index is 11.6. The molecular formula is C20H22N2O6. The molecule has 0 heterocycles. The molecule has 0 radical (unpaired) electrons. The topological polar surface area (TPSA) is 150 Å². The molecule has 2 rings (SSSR count). The van der Waals surface area contributed by atoms with Gasteiger partial charge in [-0.05, 0) is 29.7 Å². The first kappa shape index (κ1) is 22.4. The fourth-order valence-corrected chi connectivity index (χ4v) is 2.20. The third-order valence-electron chi connectivity index (χ3n) is 3.47. The highest BCUT2D eigenvalue weighted by molar-refractivity contribution is 5.89. The van der Waals surface area contributed by atoms with E-state index >= 15 is 0 Å². The van der Waals surface area contributed by atoms with E-state index in [0.717, 1.165) is 11.1 Å². The van der Waals surface area contributed by atoms with Gasteiger partial charge in [0.05, 0.1) is 12.6 Å². The van der Waals surface area contributed by atoms with Crippen molar-refractivity contribution >= 4 is 17.8 Å². The lowest BCUT2D eigenvalue weighted by molar-refractivity contribution is -0.134. The predicted octanol–water partition coefficient (Wildman–Crippen LogP) is 1.46. The summed E-state index contributed by atoms with van der Waals surface area (Å²) in [4.78, 5) is 30.7. The molecule has 0 aliphatic rings. The van der Waals surface area contributed by atoms with Gasteiger partial charge >= 0.3 is 11.9 Å². The second-order valence-electron chi connectivity index (χ2n) is 5.62. The minimum atomic E-state index is -1.26. The summed E-state index contributed by atoms with van der Waals surface area (Å²) in [7, 11) is 0. The van der Waals surface area contributed by atoms with Crippen LogP contribution in [0, 0.1) is 0 Å². The lowest BCUT2D eigenvalue weighted by Gasteiger charge is -2.19. The number of amides is 1. The largest absolute Gasteiger partial charge is 0.508 e. The van der Waals surface area contributed by atoms with Crippen molar-refractivity contribution in [3.05, 3.63) is 77.9 Å². The number of hydrogen-bond donors (Lipinski definition) is 5. The zero-order valence-electron chi connectivity index (χ0n) is 15.0. The molecule has 8 nitrogen and oxygen atoms in total. The monoisotopic (exact) mass is 386 g/mol. The van der Waals surface area contributed by atoms with Crippen molar-refractivity contribution in [3.8, 4) is 5.75 Å². The van der Waals surface area contributed by atoms with Crippen LogP contribution in [0.5, 0.6) is 5.75 Å². The number of carbonyl (C=O) groups is 3. The van der Waals surface area contributed by atoms with Crippen LogP contribution in [0.4, 0.5) is 0 Å². The first-order valence-corrected chi connectivity index (χ1v) is 8.28. The molecule has 0 aromatic heterocycles. The highest BCUT2D eigenvalue weighted by atomic mass is 16.4. The Labute approximate surface area is 161 Å². The summed E-state index contributed by atoms with van der Waals surface area (Å²) >= 11 is 0. The van der Waals surface area contributed by atoms with E-state index in [4.69, 9.17) is 15.9 Å². The summed E-state index contributed by atoms with van der Waals surface area (Å²) in [5, 5.41) is 27.9. The molecule has 0 aliphatic carbocycles. The second kappa shape index (κ2) is 11.9. The molecule has 0 bridgehead atoms. The molecule has 0 aliphatic heterocycles. The van der Waals surface area contributed by atoms with Gasteiger partial charge in [0.15, 0.2) is 0 Å². The quantitative estimate of drug-likeness (QED) is 0.452. The van der Waals surface area contributed by atoms with E-state index in [1.165, 1.54) is 0 Å². The van der Waals surface area contributed by atoms with Gasteiger partial charge in [0.1, 0.15) is 5.75 Å². The number of rotatable bonds is 7. The summed E-state index contributed by atoms with van der Waals surface area (Å²) in [6.07, 6.45) is 1.79. The van der Waals surface area contributed by atoms with Crippen molar-refractivity contribution in [2.24, 2.45) is 5.73 Å². The van der Waals surface area contributed by atoms with Crippen LogP contribution >= 0.6 is 0 Å². The molecule has 1 atom stereocenters. The number of carboxylic acids is 2. The van der Waals surface area contributed by atoms with Gasteiger partial charge < -0.3 is 26.4 Å². The second-order valence-corrected chi connectivity index (χ2v) is 5.62. The standard InChI is InChI=1S/C16H18N2O2.C4H4O4/c17-11-16(20)18-15(10-12-4-2-1-3-5-12)13-6-8-14(19)9-7-13;5-3(6)1-2-4(7)8/h1-9,15,19H,10-11,17H2,(H,18,20);1-2H,(H,5,6)(H,7,8)/b;2-1-. The highest BCUT2D eigenvalue weighted by Crippen LogP contribution is 2.20. The van der Waals surface area contributed by atoms with Crippen LogP contribution in [0.15, 0.2) is 66.7 Å². The van der Waals surface area contributed by atoms with Crippen LogP contribution in [0.3, 0.4) is 0 Å². The smallest absolute Gasteiger partial charge is 0.328 e. The lowest BCUT2D eigenvalue weighted by atomic mass is 9.98. The molecule has 1 unspecified atom stereocenters. The van der Waals surface area contributed by atoms with Crippen LogP contribution in [0.25, 0.3) is 0 Å². The maximum atomic E-state index is 11.6. The summed E-state index contributed by atoms with van der Waals surface area (Å²) in [6.45, 7) is -0.0383. The third-order valence-corrected chi connectivity index (χ3v) is 3.47. The molecule has 0 spiro atoms. The number of carboxylic acid groups (broad SMARTS) is 2. The Kier molecular flexibility index (Phi) is 9.49. The number of phenolic OH excluding ortho intramolecular Hbond substituents is 1. The highest BCUT2D eigenvalue weighted by Gasteiger charge is 2.14. The molecule has 0 saturated carbocycles. The number of hydrogen-bond acceptors (Lipinski definition) is 5. The van der Waals surface area contributed by atoms with E-state index in [9.17, 15) is 19.5 Å². The van der Waals surface area contributed by atoms with Crippen molar-refractivity contribution in [2.45, 2.75) is 12.5 Å². The van der Waals surface area contributed by atoms with Gasteiger partial charge in [-0.15, -0.1) is 0 Å². The molecule has 28 heavy (non-hydrogen) atoms. The van der Waals surface area contributed by atoms with Crippen molar-refractivity contribution < 1.29 is 29.7 Å². The Morgan fingerprint density at radius 2 is 1.46 bits per heavy atom. The van der Waals surface area contributed by atoms with Gasteiger partial charge in [-0.3, -0.25) is 4.79 Å². The lowest BCUT2D eigenvalue weighted by Crippen LogP contribution is -2.34. The normalized spacial score (nSPS) is 11.2. The summed E-state index contributed by atoms with van der Waals surface area (Å²) in [6, 6.07) is 16.6.